The fraction of sp³-hybridized carbons (Fsp3) is 0.500. The van der Waals surface area contributed by atoms with Gasteiger partial charge < -0.3 is 100.0 Å². The molecule has 4 unspecified atom stereocenters. The molecule has 8 aromatic rings. The molecule has 6 aliphatic rings. The highest BCUT2D eigenvalue weighted by atomic mass is 31.2. The van der Waals surface area contributed by atoms with Crippen molar-refractivity contribution < 1.29 is 123 Å². The van der Waals surface area contributed by atoms with Gasteiger partial charge in [0.2, 0.25) is 35.4 Å². The number of fused-ring (bicyclic) bond motifs is 9. The number of aliphatic hydroxyl groups excluding tert-OH is 4. The van der Waals surface area contributed by atoms with Crippen molar-refractivity contribution in [1.29, 1.82) is 0 Å². The van der Waals surface area contributed by atoms with E-state index in [0.717, 1.165) is 32.7 Å². The van der Waals surface area contributed by atoms with Crippen LogP contribution in [-0.4, -0.2) is 199 Å². The minimum atomic E-state index is -5.34. The first-order valence-electron chi connectivity index (χ1n) is 26.2. The van der Waals surface area contributed by atoms with Gasteiger partial charge >= 0.3 is 26.9 Å². The monoisotopic (exact) mass is 1360 g/mol. The number of nitrogen functional groups attached to an aromatic ring is 4. The van der Waals surface area contributed by atoms with Gasteiger partial charge in [-0.15, -0.1) is 0 Å². The Morgan fingerprint density at radius 1 is 0.516 bits per heavy atom. The summed E-state index contributed by atoms with van der Waals surface area (Å²) in [5, 5.41) is 44.3. The molecule has 490 valence electrons. The van der Waals surface area contributed by atoms with Crippen LogP contribution in [0.5, 0.6) is 0 Å². The summed E-state index contributed by atoms with van der Waals surface area (Å²) in [5.41, 5.74) is 20.4. The average Bonchev–Trinajstić information content (AvgIpc) is 1.64. The Hall–Kier alpha value is -7.08. The highest BCUT2D eigenvalue weighted by molar-refractivity contribution is 7.47. The topological polar surface area (TPSA) is 689 Å². The third-order valence-corrected chi connectivity index (χ3v) is 18.7. The van der Waals surface area contributed by atoms with Gasteiger partial charge in [-0.1, -0.05) is 9.97 Å². The van der Waals surface area contributed by atoms with Crippen LogP contribution in [0.2, 0.25) is 0 Å². The third kappa shape index (κ3) is 11.8. The molecule has 51 heteroatoms. The molecule has 14 rings (SSSR count). The number of anilines is 4. The largest absolute Gasteiger partial charge is 0.756 e. The SMILES string of the molecule is Nc1nc2c(ncn2[C@@H]2O[C@@H]3COP(=O)([O-])O[C@H]4[C@@H](O)[C@H]([n+]5c[nH]c6c(=O)[nH]c(N)nc65)O[C@@H]4COP(=O)(O)O[C@H]3[C@H]2O)c(=O)[nH]1.Nc1nc2c(ncn2[C@@H]2O[C@@H]3COP(=O)([O-])O[C@H]4[C@@H](O)[C@H]([n+]5c[nH]c6c(N)ncnc65)O[C@@H]4COP(=O)(O)O[C@@H]2[C@@H]3O)c(=O)[nH]1. The fourth-order valence-electron chi connectivity index (χ4n) is 10.8. The number of hydrogen-bond donors (Lipinski definition) is 15. The van der Waals surface area contributed by atoms with Crippen molar-refractivity contribution in [3.05, 3.63) is 62.7 Å². The quantitative estimate of drug-likeness (QED) is 0.0575. The van der Waals surface area contributed by atoms with Gasteiger partial charge in [-0.05, 0) is 0 Å². The second-order valence-corrected chi connectivity index (χ2v) is 26.1. The second kappa shape index (κ2) is 23.2. The van der Waals surface area contributed by atoms with E-state index in [-0.39, 0.29) is 68.3 Å². The van der Waals surface area contributed by atoms with E-state index in [1.807, 2.05) is 0 Å². The number of phosphoric acid groups is 4. The van der Waals surface area contributed by atoms with Crippen LogP contribution >= 0.6 is 31.3 Å². The fourth-order valence-corrected chi connectivity index (χ4v) is 14.6. The van der Waals surface area contributed by atoms with E-state index in [2.05, 4.69) is 59.8 Å². The van der Waals surface area contributed by atoms with Gasteiger partial charge in [0.05, 0.1) is 39.1 Å². The molecule has 0 amide bonds. The number of phosphoric ester groups is 4. The van der Waals surface area contributed by atoms with Crippen LogP contribution in [-0.2, 0) is 73.4 Å². The van der Waals surface area contributed by atoms with Crippen molar-refractivity contribution >= 4 is 99.6 Å². The van der Waals surface area contributed by atoms with Crippen LogP contribution in [0.4, 0.5) is 23.7 Å². The standard InChI is InChI=1S/C20H24N10O14P2.C20H24N10O13P2/c21-19-25-13-7(15(33)27-19)23-3-29(13)17-9(31)11-5(41-17)1-39-45(35,36)44-12-6(2-40-46(37,38)43-11)42-18(10(12)32)30-4-24-8-14(30)26-20(22)28-16(8)34;21-14-8-15(24-3-23-14)29(4-25-8)18-11(32)12-7(41-18)2-39-45(36,37)43-13-10(31)6(1-38-44(34,35)42-12)40-19(13)30-5-26-9-16(30)27-20(22)28-17(9)33/h3-6,9-12,17-18,31-32H,1-2H2,(H8,21,22,25,26,27,28,33,34,35,36,37,38);3-7,10-13,18-19,31-32H,1-2H2,(H7,21,22,23,24,27,28,33,34,35,36,37)/t5-,6-,9-,10-,11-,12-,17-,18-;6-,7-,10-,11-,12-,13-,18-,19-/m11/s1. The summed E-state index contributed by atoms with van der Waals surface area (Å²) < 4.78 is 121. The molecule has 6 aliphatic heterocycles. The van der Waals surface area contributed by atoms with E-state index in [0.29, 0.717) is 0 Å². The lowest BCUT2D eigenvalue weighted by Gasteiger charge is -2.32. The molecule has 8 aromatic heterocycles. The lowest BCUT2D eigenvalue weighted by atomic mass is 10.1. The number of hydrogen-bond acceptors (Lipinski definition) is 36. The van der Waals surface area contributed by atoms with Gasteiger partial charge in [0.25, 0.3) is 38.3 Å². The summed E-state index contributed by atoms with van der Waals surface area (Å²) in [4.78, 5) is 124. The van der Waals surface area contributed by atoms with E-state index in [1.54, 1.807) is 0 Å². The maximum atomic E-state index is 13.2. The predicted octanol–water partition coefficient (Wildman–Crippen LogP) is -7.82. The maximum absolute atomic E-state index is 13.2. The van der Waals surface area contributed by atoms with E-state index >= 15 is 0 Å². The van der Waals surface area contributed by atoms with Crippen molar-refractivity contribution in [1.82, 2.24) is 68.9 Å². The average molecular weight is 1360 g/mol. The molecule has 20 atom stereocenters. The summed E-state index contributed by atoms with van der Waals surface area (Å²) in [6, 6.07) is 0. The molecule has 0 saturated carbocycles. The highest BCUT2D eigenvalue weighted by Crippen LogP contribution is 2.54. The second-order valence-electron chi connectivity index (χ2n) is 20.5. The Labute approximate surface area is 500 Å². The number of nitrogens with one attached hydrogen (secondary N) is 5. The molecule has 0 aromatic carbocycles. The van der Waals surface area contributed by atoms with Crippen LogP contribution in [0.25, 0.3) is 44.7 Å². The molecule has 91 heavy (non-hydrogen) atoms. The first kappa shape index (κ1) is 62.7. The molecule has 0 spiro atoms. The van der Waals surface area contributed by atoms with E-state index in [9.17, 15) is 72.6 Å². The Balaban J connectivity index is 0.000000167. The number of nitrogens with zero attached hydrogens (tertiary/aromatic N) is 11. The number of nitrogens with two attached hydrogens (primary N) is 4. The lowest BCUT2D eigenvalue weighted by molar-refractivity contribution is -0.745. The zero-order valence-corrected chi connectivity index (χ0v) is 48.8. The van der Waals surface area contributed by atoms with Gasteiger partial charge in [0, 0.05) is 0 Å². The number of ether oxygens (including phenoxy) is 4. The van der Waals surface area contributed by atoms with Gasteiger partial charge in [0.1, 0.15) is 73.2 Å². The van der Waals surface area contributed by atoms with Crippen molar-refractivity contribution in [2.45, 2.75) is 98.2 Å². The van der Waals surface area contributed by atoms with Gasteiger partial charge in [0.15, 0.2) is 59.6 Å². The van der Waals surface area contributed by atoms with Crippen LogP contribution in [0, 0.1) is 0 Å². The summed E-state index contributed by atoms with van der Waals surface area (Å²) in [7, 11) is -20.9. The third-order valence-electron chi connectivity index (χ3n) is 14.8. The zero-order chi connectivity index (χ0) is 64.5. The number of aromatic amines is 5. The lowest BCUT2D eigenvalue weighted by Crippen LogP contribution is -2.46. The molecule has 19 N–H and O–H groups in total. The van der Waals surface area contributed by atoms with Gasteiger partial charge in [-0.2, -0.15) is 15.0 Å². The van der Waals surface area contributed by atoms with Crippen molar-refractivity contribution in [2.75, 3.05) is 49.4 Å². The molecular weight excluding hydrogens is 1320 g/mol. The molecule has 0 aliphatic carbocycles. The first-order chi connectivity index (χ1) is 43.0. The van der Waals surface area contributed by atoms with E-state index in [1.165, 1.54) is 17.2 Å². The Bertz CT molecular complexity index is 4400. The number of H-pyrrole nitrogens is 5. The van der Waals surface area contributed by atoms with Crippen molar-refractivity contribution in [3.63, 3.8) is 0 Å². The Morgan fingerprint density at radius 3 is 1.54 bits per heavy atom. The van der Waals surface area contributed by atoms with Crippen LogP contribution in [0.3, 0.4) is 0 Å². The van der Waals surface area contributed by atoms with Crippen LogP contribution in [0.1, 0.15) is 24.9 Å². The first-order valence-corrected chi connectivity index (χ1v) is 32.1. The van der Waals surface area contributed by atoms with Gasteiger partial charge in [-0.25, -0.2) is 28.2 Å². The molecule has 6 fully saturated rings. The Morgan fingerprint density at radius 2 is 0.967 bits per heavy atom. The number of aromatic nitrogens is 16. The van der Waals surface area contributed by atoms with Crippen LogP contribution < -0.4 is 58.5 Å². The highest BCUT2D eigenvalue weighted by Gasteiger charge is 2.56. The zero-order valence-electron chi connectivity index (χ0n) is 45.2. The summed E-state index contributed by atoms with van der Waals surface area (Å²) >= 11 is 0. The normalized spacial score (nSPS) is 37.4. The smallest absolute Gasteiger partial charge is 0.472 e. The van der Waals surface area contributed by atoms with Crippen LogP contribution in [0.15, 0.2) is 46.0 Å². The predicted molar refractivity (Wildman–Crippen MR) is 283 cm³/mol. The summed E-state index contributed by atoms with van der Waals surface area (Å²) in [6.07, 6.45) is -20.3. The molecule has 0 radical (unpaired) electrons. The van der Waals surface area contributed by atoms with Gasteiger partial charge in [-0.3, -0.25) is 75.7 Å². The van der Waals surface area contributed by atoms with E-state index in [4.69, 9.17) is 78.1 Å². The molecule has 47 nitrogen and oxygen atoms in total. The Kier molecular flexibility index (Phi) is 16.0. The summed E-state index contributed by atoms with van der Waals surface area (Å²) in [5.74, 6) is -0.768. The molecular formula is C40H48N20O27P4. The molecule has 6 saturated heterocycles. The summed E-state index contributed by atoms with van der Waals surface area (Å²) in [6.45, 7) is -3.54. The number of imidazole rings is 4. The maximum Gasteiger partial charge on any atom is 0.472 e. The van der Waals surface area contributed by atoms with Crippen molar-refractivity contribution in [3.8, 4) is 0 Å². The molecule has 14 heterocycles. The number of aliphatic hydroxyl groups is 4. The van der Waals surface area contributed by atoms with E-state index < -0.39 is 173 Å². The number of rotatable bonds is 4. The minimum Gasteiger partial charge on any atom is -0.756 e. The molecule has 2 bridgehead atoms. The van der Waals surface area contributed by atoms with Crippen molar-refractivity contribution in [2.24, 2.45) is 0 Å². The minimum absolute atomic E-state index is 0.0581.